The van der Waals surface area contributed by atoms with E-state index in [1.807, 2.05) is 0 Å². The molecule has 0 saturated heterocycles. The van der Waals surface area contributed by atoms with Gasteiger partial charge in [0.1, 0.15) is 23.2 Å². The summed E-state index contributed by atoms with van der Waals surface area (Å²) in [7, 11) is 1.07. The Labute approximate surface area is 95.4 Å². The maximum absolute atomic E-state index is 13.1. The van der Waals surface area contributed by atoms with Crippen LogP contribution in [0.5, 0.6) is 5.75 Å². The number of hydrogen-bond donors (Lipinski definition) is 3. The highest BCUT2D eigenvalue weighted by atomic mass is 19.1. The topological polar surface area (TPSA) is 110 Å². The average Bonchev–Trinajstić information content (AvgIpc) is 2.29. The molecule has 1 aromatic carbocycles. The minimum Gasteiger partial charge on any atom is -0.507 e. The zero-order valence-corrected chi connectivity index (χ0v) is 8.81. The van der Waals surface area contributed by atoms with Crippen molar-refractivity contribution in [1.82, 2.24) is 0 Å². The fourth-order valence-electron chi connectivity index (χ4n) is 1.27. The van der Waals surface area contributed by atoms with Crippen molar-refractivity contribution in [3.8, 4) is 5.75 Å². The normalized spacial score (nSPS) is 11.9. The number of hydrogen-bond acceptors (Lipinski definition) is 5. The largest absolute Gasteiger partial charge is 0.507 e. The molecule has 92 valence electrons. The number of benzene rings is 1. The van der Waals surface area contributed by atoms with Crippen molar-refractivity contribution in [2.24, 2.45) is 5.73 Å². The number of carbonyl (C=O) groups excluding carboxylic acids is 1. The van der Waals surface area contributed by atoms with Crippen LogP contribution in [-0.2, 0) is 9.53 Å². The molecule has 0 aliphatic carbocycles. The molecule has 0 heterocycles. The van der Waals surface area contributed by atoms with Gasteiger partial charge in [0, 0.05) is 5.56 Å². The summed E-state index contributed by atoms with van der Waals surface area (Å²) in [6, 6.07) is -0.0389. The van der Waals surface area contributed by atoms with Gasteiger partial charge in [0.2, 0.25) is 0 Å². The summed E-state index contributed by atoms with van der Waals surface area (Å²) in [6.45, 7) is 0. The fraction of sp³-hybridized carbons (Fsp3) is 0.200. The summed E-state index contributed by atoms with van der Waals surface area (Å²) in [5, 5.41) is 18.3. The highest BCUT2D eigenvalue weighted by Crippen LogP contribution is 2.28. The van der Waals surface area contributed by atoms with Gasteiger partial charge in [0.25, 0.3) is 0 Å². The summed E-state index contributed by atoms with van der Waals surface area (Å²) in [4.78, 5) is 21.8. The number of carboxylic acid groups (broad SMARTS) is 1. The number of ether oxygens (including phenoxy) is 1. The van der Waals surface area contributed by atoms with E-state index in [-0.39, 0.29) is 5.56 Å². The number of nitrogens with two attached hydrogens (primary N) is 1. The van der Waals surface area contributed by atoms with E-state index in [2.05, 4.69) is 4.74 Å². The van der Waals surface area contributed by atoms with Gasteiger partial charge in [-0.25, -0.2) is 9.18 Å². The van der Waals surface area contributed by atoms with Crippen LogP contribution in [0.1, 0.15) is 22.0 Å². The van der Waals surface area contributed by atoms with Crippen molar-refractivity contribution in [2.45, 2.75) is 6.04 Å². The smallest absolute Gasteiger partial charge is 0.339 e. The predicted molar refractivity (Wildman–Crippen MR) is 54.0 cm³/mol. The molecule has 7 heteroatoms. The molecule has 0 spiro atoms. The van der Waals surface area contributed by atoms with E-state index in [1.165, 1.54) is 0 Å². The maximum atomic E-state index is 13.1. The third-order valence-electron chi connectivity index (χ3n) is 2.12. The summed E-state index contributed by atoms with van der Waals surface area (Å²) >= 11 is 0. The van der Waals surface area contributed by atoms with Gasteiger partial charge in [-0.05, 0) is 12.1 Å². The van der Waals surface area contributed by atoms with Crippen molar-refractivity contribution < 1.29 is 28.9 Å². The van der Waals surface area contributed by atoms with Gasteiger partial charge in [-0.2, -0.15) is 0 Å². The SMILES string of the molecule is COC(=O)[C@@H](N)c1cc(F)cc(C(=O)O)c1O. The predicted octanol–water partition coefficient (Wildman–Crippen LogP) is 0.402. The molecule has 0 bridgehead atoms. The Balaban J connectivity index is 3.34. The number of rotatable bonds is 3. The Morgan fingerprint density at radius 3 is 2.53 bits per heavy atom. The number of methoxy groups -OCH3 is 1. The van der Waals surface area contributed by atoms with Gasteiger partial charge >= 0.3 is 11.9 Å². The second-order valence-electron chi connectivity index (χ2n) is 3.20. The molecule has 0 aromatic heterocycles. The second kappa shape index (κ2) is 4.79. The van der Waals surface area contributed by atoms with E-state index in [1.54, 1.807) is 0 Å². The Hall–Kier alpha value is -2.15. The first kappa shape index (κ1) is 12.9. The molecule has 0 unspecified atom stereocenters. The lowest BCUT2D eigenvalue weighted by molar-refractivity contribution is -0.142. The Morgan fingerprint density at radius 2 is 2.06 bits per heavy atom. The average molecular weight is 243 g/mol. The lowest BCUT2D eigenvalue weighted by atomic mass is 10.0. The number of halogens is 1. The minimum absolute atomic E-state index is 0.339. The number of aromatic hydroxyl groups is 1. The van der Waals surface area contributed by atoms with Crippen LogP contribution in [0.25, 0.3) is 0 Å². The molecule has 4 N–H and O–H groups in total. The Morgan fingerprint density at radius 1 is 1.47 bits per heavy atom. The zero-order chi connectivity index (χ0) is 13.2. The molecule has 1 aromatic rings. The molecule has 6 nitrogen and oxygen atoms in total. The van der Waals surface area contributed by atoms with Crippen molar-refractivity contribution >= 4 is 11.9 Å². The molecule has 0 fully saturated rings. The standard InChI is InChI=1S/C10H10FNO5/c1-17-10(16)7(12)5-2-4(11)3-6(8(5)13)9(14)15/h2-3,7,13H,12H2,1H3,(H,14,15)/t7-/m0/s1. The van der Waals surface area contributed by atoms with E-state index in [0.717, 1.165) is 13.2 Å². The van der Waals surface area contributed by atoms with Crippen LogP contribution < -0.4 is 5.73 Å². The minimum atomic E-state index is -1.53. The molecule has 0 radical (unpaired) electrons. The highest BCUT2D eigenvalue weighted by molar-refractivity contribution is 5.92. The molecule has 0 amide bonds. The highest BCUT2D eigenvalue weighted by Gasteiger charge is 2.24. The van der Waals surface area contributed by atoms with E-state index in [0.29, 0.717) is 6.07 Å². The van der Waals surface area contributed by atoms with Crippen LogP contribution in [0.3, 0.4) is 0 Å². The van der Waals surface area contributed by atoms with Crippen LogP contribution in [0, 0.1) is 5.82 Å². The molecule has 1 rings (SSSR count). The van der Waals surface area contributed by atoms with Crippen molar-refractivity contribution in [3.05, 3.63) is 29.1 Å². The van der Waals surface area contributed by atoms with Gasteiger partial charge in [0.05, 0.1) is 7.11 Å². The number of esters is 1. The molecule has 0 aliphatic heterocycles. The molecule has 0 aliphatic rings. The number of carboxylic acids is 1. The van der Waals surface area contributed by atoms with Crippen LogP contribution in [0.15, 0.2) is 12.1 Å². The summed E-state index contributed by atoms with van der Waals surface area (Å²) in [6.07, 6.45) is 0. The first-order valence-electron chi connectivity index (χ1n) is 4.47. The monoisotopic (exact) mass is 243 g/mol. The molecular weight excluding hydrogens is 233 g/mol. The lowest BCUT2D eigenvalue weighted by Gasteiger charge is -2.13. The van der Waals surface area contributed by atoms with Crippen molar-refractivity contribution in [2.75, 3.05) is 7.11 Å². The van der Waals surface area contributed by atoms with Gasteiger partial charge in [-0.1, -0.05) is 0 Å². The first-order chi connectivity index (χ1) is 7.88. The molecule has 1 atom stereocenters. The Kier molecular flexibility index (Phi) is 3.64. The number of carbonyl (C=O) groups is 2. The van der Waals surface area contributed by atoms with Gasteiger partial charge in [-0.3, -0.25) is 4.79 Å². The van der Waals surface area contributed by atoms with Crippen molar-refractivity contribution in [1.29, 1.82) is 0 Å². The molecule has 17 heavy (non-hydrogen) atoms. The number of phenols is 1. The summed E-state index contributed by atoms with van der Waals surface area (Å²) < 4.78 is 17.4. The quantitative estimate of drug-likeness (QED) is 0.663. The number of aromatic carboxylic acids is 1. The third kappa shape index (κ3) is 2.51. The first-order valence-corrected chi connectivity index (χ1v) is 4.47. The van der Waals surface area contributed by atoms with Crippen molar-refractivity contribution in [3.63, 3.8) is 0 Å². The molecule has 0 saturated carbocycles. The Bertz CT molecular complexity index is 474. The summed E-state index contributed by atoms with van der Waals surface area (Å²) in [5.74, 6) is -4.12. The fourth-order valence-corrected chi connectivity index (χ4v) is 1.27. The second-order valence-corrected chi connectivity index (χ2v) is 3.20. The van der Waals surface area contributed by atoms with Crippen LogP contribution >= 0.6 is 0 Å². The van der Waals surface area contributed by atoms with E-state index >= 15 is 0 Å². The van der Waals surface area contributed by atoms with Crippen LogP contribution in [0.4, 0.5) is 4.39 Å². The van der Waals surface area contributed by atoms with E-state index < -0.39 is 35.1 Å². The zero-order valence-electron chi connectivity index (χ0n) is 8.81. The van der Waals surface area contributed by atoms with E-state index in [9.17, 15) is 19.1 Å². The lowest BCUT2D eigenvalue weighted by Crippen LogP contribution is -2.23. The van der Waals surface area contributed by atoms with Crippen LogP contribution in [-0.4, -0.2) is 29.3 Å². The van der Waals surface area contributed by atoms with Crippen LogP contribution in [0.2, 0.25) is 0 Å². The molecular formula is C10H10FNO5. The maximum Gasteiger partial charge on any atom is 0.339 e. The van der Waals surface area contributed by atoms with E-state index in [4.69, 9.17) is 10.8 Å². The van der Waals surface area contributed by atoms with Gasteiger partial charge < -0.3 is 20.7 Å². The third-order valence-corrected chi connectivity index (χ3v) is 2.12. The van der Waals surface area contributed by atoms with Gasteiger partial charge in [0.15, 0.2) is 0 Å². The van der Waals surface area contributed by atoms with Gasteiger partial charge in [-0.15, -0.1) is 0 Å². The summed E-state index contributed by atoms with van der Waals surface area (Å²) in [5.41, 5.74) is 4.39.